The van der Waals surface area contributed by atoms with Crippen LogP contribution in [-0.4, -0.2) is 27.4 Å². The van der Waals surface area contributed by atoms with Gasteiger partial charge in [0, 0.05) is 13.3 Å². The van der Waals surface area contributed by atoms with Crippen molar-refractivity contribution < 1.29 is 14.2 Å². The summed E-state index contributed by atoms with van der Waals surface area (Å²) in [6, 6.07) is 0. The Morgan fingerprint density at radius 2 is 2.38 bits per heavy atom. The van der Waals surface area contributed by atoms with E-state index in [0.717, 1.165) is 0 Å². The third-order valence-corrected chi connectivity index (χ3v) is 1.54. The molecular weight excluding hydrogens is 171 g/mol. The van der Waals surface area contributed by atoms with Crippen LogP contribution in [0.5, 0.6) is 0 Å². The van der Waals surface area contributed by atoms with E-state index in [1.54, 1.807) is 25.4 Å². The zero-order valence-electron chi connectivity index (χ0n) is 7.53. The van der Waals surface area contributed by atoms with Crippen LogP contribution in [0.3, 0.4) is 0 Å². The molecule has 1 rings (SSSR count). The van der Waals surface area contributed by atoms with Gasteiger partial charge in [0.05, 0.1) is 12.8 Å². The van der Waals surface area contributed by atoms with E-state index in [2.05, 4.69) is 15.3 Å². The number of carbonyl (C=O) groups excluding carboxylic acids is 1. The molecule has 1 heterocycles. The van der Waals surface area contributed by atoms with Gasteiger partial charge in [-0.3, -0.25) is 5.32 Å². The van der Waals surface area contributed by atoms with Crippen molar-refractivity contribution in [3.8, 4) is 0 Å². The smallest absolute Gasteiger partial charge is 0.441 e. The van der Waals surface area contributed by atoms with Crippen molar-refractivity contribution >= 4 is 13.1 Å². The average molecular weight is 182 g/mol. The molecule has 13 heavy (non-hydrogen) atoms. The maximum atomic E-state index is 10.8. The van der Waals surface area contributed by atoms with E-state index in [9.17, 15) is 4.79 Å². The van der Waals surface area contributed by atoms with Gasteiger partial charge in [0.15, 0.2) is 0 Å². The molecule has 0 aromatic carbocycles. The van der Waals surface area contributed by atoms with Crippen LogP contribution in [0.15, 0.2) is 23.9 Å². The van der Waals surface area contributed by atoms with Crippen molar-refractivity contribution in [2.45, 2.75) is 0 Å². The minimum atomic E-state index is -0.492. The lowest BCUT2D eigenvalue weighted by atomic mass is 9.81. The Hall–Kier alpha value is -1.43. The lowest BCUT2D eigenvalue weighted by Crippen LogP contribution is -2.35. The first-order valence-electron chi connectivity index (χ1n) is 3.78. The zero-order valence-corrected chi connectivity index (χ0v) is 7.53. The third kappa shape index (κ3) is 2.83. The summed E-state index contributed by atoms with van der Waals surface area (Å²) >= 11 is 0. The molecule has 0 saturated carbocycles. The summed E-state index contributed by atoms with van der Waals surface area (Å²) < 4.78 is 9.41. The van der Waals surface area contributed by atoms with E-state index in [0.29, 0.717) is 5.70 Å². The van der Waals surface area contributed by atoms with Gasteiger partial charge in [0.1, 0.15) is 0 Å². The second-order valence-corrected chi connectivity index (χ2v) is 2.40. The molecule has 1 aliphatic heterocycles. The van der Waals surface area contributed by atoms with Crippen LogP contribution in [0, 0.1) is 0 Å². The molecule has 0 aliphatic carbocycles. The van der Waals surface area contributed by atoms with Crippen molar-refractivity contribution in [1.29, 1.82) is 0 Å². The lowest BCUT2D eigenvalue weighted by molar-refractivity contribution is 0.174. The van der Waals surface area contributed by atoms with Crippen molar-refractivity contribution in [2.24, 2.45) is 0 Å². The molecule has 0 spiro atoms. The molecule has 0 unspecified atom stereocenters. The number of ether oxygens (including phenoxy) is 1. The minimum Gasteiger partial charge on any atom is -0.453 e. The monoisotopic (exact) mass is 182 g/mol. The SMILES string of the molecule is COB1C=CC(NC(=O)OC)=CN1. The molecule has 0 radical (unpaired) electrons. The van der Waals surface area contributed by atoms with Gasteiger partial charge in [-0.25, -0.2) is 4.79 Å². The van der Waals surface area contributed by atoms with Crippen molar-refractivity contribution in [1.82, 2.24) is 10.5 Å². The number of hydrogen-bond acceptors (Lipinski definition) is 4. The van der Waals surface area contributed by atoms with Crippen molar-refractivity contribution in [3.05, 3.63) is 23.9 Å². The Balaban J connectivity index is 2.43. The van der Waals surface area contributed by atoms with Crippen LogP contribution < -0.4 is 10.5 Å². The number of carbonyl (C=O) groups is 1. The van der Waals surface area contributed by atoms with E-state index in [1.165, 1.54) is 7.11 Å². The molecule has 0 bridgehead atoms. The van der Waals surface area contributed by atoms with Crippen LogP contribution in [0.2, 0.25) is 0 Å². The molecule has 6 heteroatoms. The van der Waals surface area contributed by atoms with Crippen LogP contribution in [0.4, 0.5) is 4.79 Å². The van der Waals surface area contributed by atoms with Crippen LogP contribution >= 0.6 is 0 Å². The first kappa shape index (κ1) is 9.66. The summed E-state index contributed by atoms with van der Waals surface area (Å²) in [7, 11) is 2.77. The van der Waals surface area contributed by atoms with Crippen LogP contribution in [0.25, 0.3) is 0 Å². The van der Waals surface area contributed by atoms with Gasteiger partial charge >= 0.3 is 13.1 Å². The number of amides is 1. The molecule has 0 aromatic rings. The van der Waals surface area contributed by atoms with E-state index in [1.807, 2.05) is 0 Å². The topological polar surface area (TPSA) is 59.6 Å². The van der Waals surface area contributed by atoms with Crippen LogP contribution in [-0.2, 0) is 9.39 Å². The number of methoxy groups -OCH3 is 1. The summed E-state index contributed by atoms with van der Waals surface area (Å²) in [5.74, 6) is 1.78. The highest BCUT2D eigenvalue weighted by Crippen LogP contribution is 1.98. The number of alkyl carbamates (subject to hydrolysis) is 1. The van der Waals surface area contributed by atoms with E-state index < -0.39 is 6.09 Å². The van der Waals surface area contributed by atoms with Crippen molar-refractivity contribution in [3.63, 3.8) is 0 Å². The Labute approximate surface area is 76.9 Å². The number of nitrogens with one attached hydrogen (secondary N) is 2. The highest BCUT2D eigenvalue weighted by molar-refractivity contribution is 6.55. The summed E-state index contributed by atoms with van der Waals surface area (Å²) in [6.45, 7) is 0. The highest BCUT2D eigenvalue weighted by Gasteiger charge is 2.13. The molecule has 2 N–H and O–H groups in total. The van der Waals surface area contributed by atoms with E-state index in [4.69, 9.17) is 4.65 Å². The Morgan fingerprint density at radius 3 is 2.85 bits per heavy atom. The second kappa shape index (κ2) is 4.56. The largest absolute Gasteiger partial charge is 0.453 e. The maximum Gasteiger partial charge on any atom is 0.441 e. The summed E-state index contributed by atoms with van der Waals surface area (Å²) in [5, 5.41) is 5.42. The fourth-order valence-electron chi connectivity index (χ4n) is 0.860. The number of hydrogen-bond donors (Lipinski definition) is 2. The second-order valence-electron chi connectivity index (χ2n) is 2.40. The zero-order chi connectivity index (χ0) is 9.68. The molecule has 0 aromatic heterocycles. The van der Waals surface area contributed by atoms with Gasteiger partial charge in [-0.2, -0.15) is 0 Å². The number of rotatable bonds is 2. The first-order chi connectivity index (χ1) is 6.26. The first-order valence-corrected chi connectivity index (χ1v) is 3.78. The van der Waals surface area contributed by atoms with E-state index in [-0.39, 0.29) is 7.05 Å². The van der Waals surface area contributed by atoms with Gasteiger partial charge in [-0.1, -0.05) is 5.98 Å². The molecule has 0 saturated heterocycles. The quantitative estimate of drug-likeness (QED) is 0.591. The summed E-state index contributed by atoms with van der Waals surface area (Å²) in [4.78, 5) is 10.8. The third-order valence-electron chi connectivity index (χ3n) is 1.54. The molecule has 0 fully saturated rings. The molecular formula is C7H11BN2O3. The minimum absolute atomic E-state index is 0.136. The molecule has 5 nitrogen and oxygen atoms in total. The van der Waals surface area contributed by atoms with Crippen molar-refractivity contribution in [2.75, 3.05) is 14.2 Å². The predicted molar refractivity (Wildman–Crippen MR) is 48.7 cm³/mol. The lowest BCUT2D eigenvalue weighted by Gasteiger charge is -2.13. The number of allylic oxidation sites excluding steroid dienone is 1. The Kier molecular flexibility index (Phi) is 3.39. The molecule has 70 valence electrons. The van der Waals surface area contributed by atoms with Gasteiger partial charge in [-0.15, -0.1) is 0 Å². The molecule has 1 aliphatic rings. The van der Waals surface area contributed by atoms with Gasteiger partial charge < -0.3 is 14.6 Å². The summed E-state index contributed by atoms with van der Waals surface area (Å²) in [6.07, 6.45) is 2.89. The predicted octanol–water partition coefficient (Wildman–Crippen LogP) is 0.0170. The van der Waals surface area contributed by atoms with Gasteiger partial charge in [-0.05, 0) is 6.08 Å². The Bertz CT molecular complexity index is 252. The highest BCUT2D eigenvalue weighted by atomic mass is 16.5. The fraction of sp³-hybridized carbons (Fsp3) is 0.286. The normalized spacial score (nSPS) is 14.6. The van der Waals surface area contributed by atoms with Gasteiger partial charge in [0.2, 0.25) is 0 Å². The van der Waals surface area contributed by atoms with Gasteiger partial charge in [0.25, 0.3) is 0 Å². The fourth-order valence-corrected chi connectivity index (χ4v) is 0.860. The standard InChI is InChI=1S/C7H11BN2O3/c1-12-7(11)10-6-3-4-8(13-2)9-5-6/h3-5,9H,1-2H3,(H,10,11). The van der Waals surface area contributed by atoms with E-state index >= 15 is 0 Å². The molecule has 0 atom stereocenters. The Morgan fingerprint density at radius 1 is 1.62 bits per heavy atom. The summed E-state index contributed by atoms with van der Waals surface area (Å²) in [5.41, 5.74) is 0.639. The van der Waals surface area contributed by atoms with Crippen LogP contribution in [0.1, 0.15) is 0 Å². The molecule has 1 amide bonds. The maximum absolute atomic E-state index is 10.8. The average Bonchev–Trinajstić information content (AvgIpc) is 2.19.